The molecule has 0 unspecified atom stereocenters. The molecule has 6 nitrogen and oxygen atoms in total. The monoisotopic (exact) mass is 344 g/mol. The molecule has 0 bridgehead atoms. The van der Waals surface area contributed by atoms with Gasteiger partial charge >= 0.3 is 0 Å². The van der Waals surface area contributed by atoms with Crippen molar-refractivity contribution in [2.75, 3.05) is 11.9 Å². The predicted octanol–water partition coefficient (Wildman–Crippen LogP) is 2.23. The second kappa shape index (κ2) is 6.10. The fraction of sp³-hybridized carbons (Fsp3) is 0.118. The number of fused-ring (bicyclic) bond motifs is 1. The van der Waals surface area contributed by atoms with Crippen molar-refractivity contribution in [1.29, 1.82) is 0 Å². The molecule has 1 aliphatic heterocycles. The number of primary sulfonamides is 1. The van der Waals surface area contributed by atoms with Gasteiger partial charge in [-0.2, -0.15) is 0 Å². The zero-order chi connectivity index (χ0) is 17.3. The number of amides is 1. The standard InChI is InChI=1S/C17H16N2O4S/c1-2-23-12-5-3-11(4-6-12)9-15-14-10-13(24(18,21)22)7-8-16(14)19-17(15)20/h3-10H,2H2,1H3,(H,19,20)(H2,18,21,22)/b15-9+. The molecule has 2 aromatic carbocycles. The van der Waals surface area contributed by atoms with E-state index in [4.69, 9.17) is 9.88 Å². The molecule has 1 heterocycles. The predicted molar refractivity (Wildman–Crippen MR) is 91.9 cm³/mol. The summed E-state index contributed by atoms with van der Waals surface area (Å²) in [5.74, 6) is 0.456. The fourth-order valence-corrected chi connectivity index (χ4v) is 3.02. The molecule has 0 aromatic heterocycles. The SMILES string of the molecule is CCOc1ccc(/C=C2/C(=O)Nc3ccc(S(N)(=O)=O)cc32)cc1. The van der Waals surface area contributed by atoms with Crippen LogP contribution in [0.25, 0.3) is 11.6 Å². The molecule has 24 heavy (non-hydrogen) atoms. The van der Waals surface area contributed by atoms with Gasteiger partial charge in [0.2, 0.25) is 10.0 Å². The van der Waals surface area contributed by atoms with E-state index in [9.17, 15) is 13.2 Å². The van der Waals surface area contributed by atoms with Crippen molar-refractivity contribution in [3.05, 3.63) is 53.6 Å². The maximum Gasteiger partial charge on any atom is 0.256 e. The van der Waals surface area contributed by atoms with Gasteiger partial charge in [-0.25, -0.2) is 13.6 Å². The van der Waals surface area contributed by atoms with E-state index < -0.39 is 10.0 Å². The van der Waals surface area contributed by atoms with Gasteiger partial charge in [-0.3, -0.25) is 4.79 Å². The zero-order valence-corrected chi connectivity index (χ0v) is 13.8. The minimum Gasteiger partial charge on any atom is -0.494 e. The summed E-state index contributed by atoms with van der Waals surface area (Å²) < 4.78 is 28.4. The number of hydrogen-bond acceptors (Lipinski definition) is 4. The molecule has 1 aliphatic rings. The fourth-order valence-electron chi connectivity index (χ4n) is 2.48. The van der Waals surface area contributed by atoms with Crippen LogP contribution in [0.4, 0.5) is 5.69 Å². The van der Waals surface area contributed by atoms with Gasteiger partial charge in [0.25, 0.3) is 5.91 Å². The smallest absolute Gasteiger partial charge is 0.256 e. The van der Waals surface area contributed by atoms with E-state index in [2.05, 4.69) is 5.32 Å². The molecule has 0 atom stereocenters. The first-order valence-electron chi connectivity index (χ1n) is 7.31. The van der Waals surface area contributed by atoms with Gasteiger partial charge in [0, 0.05) is 16.8 Å². The van der Waals surface area contributed by atoms with Gasteiger partial charge < -0.3 is 10.1 Å². The van der Waals surface area contributed by atoms with Crippen LogP contribution >= 0.6 is 0 Å². The lowest BCUT2D eigenvalue weighted by Gasteiger charge is -2.04. The van der Waals surface area contributed by atoms with E-state index >= 15 is 0 Å². The van der Waals surface area contributed by atoms with E-state index in [0.717, 1.165) is 11.3 Å². The lowest BCUT2D eigenvalue weighted by atomic mass is 10.0. The van der Waals surface area contributed by atoms with Crippen molar-refractivity contribution in [3.63, 3.8) is 0 Å². The van der Waals surface area contributed by atoms with Crippen molar-refractivity contribution < 1.29 is 17.9 Å². The minimum absolute atomic E-state index is 0.0321. The zero-order valence-electron chi connectivity index (χ0n) is 12.9. The molecule has 0 fully saturated rings. The number of benzene rings is 2. The Kier molecular flexibility index (Phi) is 4.13. The van der Waals surface area contributed by atoms with Crippen LogP contribution in [0.5, 0.6) is 5.75 Å². The number of hydrogen-bond donors (Lipinski definition) is 2. The van der Waals surface area contributed by atoms with Gasteiger partial charge in [-0.1, -0.05) is 12.1 Å². The Morgan fingerprint density at radius 1 is 1.17 bits per heavy atom. The Morgan fingerprint density at radius 3 is 2.50 bits per heavy atom. The number of nitrogens with two attached hydrogens (primary N) is 1. The molecule has 3 N–H and O–H groups in total. The summed E-state index contributed by atoms with van der Waals surface area (Å²) in [7, 11) is -3.83. The number of carbonyl (C=O) groups is 1. The number of rotatable bonds is 4. The largest absolute Gasteiger partial charge is 0.494 e. The lowest BCUT2D eigenvalue weighted by Crippen LogP contribution is -2.12. The Bertz CT molecular complexity index is 932. The topological polar surface area (TPSA) is 98.5 Å². The third-order valence-corrected chi connectivity index (χ3v) is 4.52. The van der Waals surface area contributed by atoms with Crippen molar-refractivity contribution in [2.24, 2.45) is 5.14 Å². The average Bonchev–Trinajstić information content (AvgIpc) is 2.84. The molecule has 0 spiro atoms. The summed E-state index contributed by atoms with van der Waals surface area (Å²) in [6.45, 7) is 2.48. The third-order valence-electron chi connectivity index (χ3n) is 3.60. The Labute approximate surface area is 140 Å². The highest BCUT2D eigenvalue weighted by Gasteiger charge is 2.25. The lowest BCUT2D eigenvalue weighted by molar-refractivity contribution is -0.110. The average molecular weight is 344 g/mol. The van der Waals surface area contributed by atoms with Crippen molar-refractivity contribution >= 4 is 33.3 Å². The first-order valence-corrected chi connectivity index (χ1v) is 8.86. The second-order valence-corrected chi connectivity index (χ2v) is 6.83. The number of ether oxygens (including phenoxy) is 1. The first-order chi connectivity index (χ1) is 11.4. The quantitative estimate of drug-likeness (QED) is 0.831. The molecular weight excluding hydrogens is 328 g/mol. The maximum atomic E-state index is 12.2. The van der Waals surface area contributed by atoms with Crippen LogP contribution in [0.15, 0.2) is 47.4 Å². The van der Waals surface area contributed by atoms with Gasteiger partial charge in [0.15, 0.2) is 0 Å². The van der Waals surface area contributed by atoms with Crippen LogP contribution in [-0.4, -0.2) is 20.9 Å². The Hall–Kier alpha value is -2.64. The number of sulfonamides is 1. The summed E-state index contributed by atoms with van der Waals surface area (Å²) >= 11 is 0. The Balaban J connectivity index is 2.02. The summed E-state index contributed by atoms with van der Waals surface area (Å²) in [6, 6.07) is 11.6. The van der Waals surface area contributed by atoms with Crippen LogP contribution in [0.2, 0.25) is 0 Å². The maximum absolute atomic E-state index is 12.2. The third kappa shape index (κ3) is 3.17. The molecule has 0 saturated heterocycles. The molecule has 2 aromatic rings. The molecular formula is C17H16N2O4S. The summed E-state index contributed by atoms with van der Waals surface area (Å²) in [4.78, 5) is 12.1. The van der Waals surface area contributed by atoms with Crippen molar-refractivity contribution in [3.8, 4) is 5.75 Å². The molecule has 0 saturated carbocycles. The van der Waals surface area contributed by atoms with Crippen LogP contribution in [0, 0.1) is 0 Å². The van der Waals surface area contributed by atoms with E-state index in [1.54, 1.807) is 6.08 Å². The van der Waals surface area contributed by atoms with E-state index in [1.807, 2.05) is 31.2 Å². The number of anilines is 1. The summed E-state index contributed by atoms with van der Waals surface area (Å²) in [5.41, 5.74) is 2.27. The van der Waals surface area contributed by atoms with Gasteiger partial charge in [-0.15, -0.1) is 0 Å². The molecule has 0 aliphatic carbocycles. The highest BCUT2D eigenvalue weighted by molar-refractivity contribution is 7.89. The van der Waals surface area contributed by atoms with Crippen LogP contribution in [-0.2, 0) is 14.8 Å². The van der Waals surface area contributed by atoms with Crippen molar-refractivity contribution in [1.82, 2.24) is 0 Å². The summed E-state index contributed by atoms with van der Waals surface area (Å²) in [6.07, 6.45) is 1.70. The highest BCUT2D eigenvalue weighted by atomic mass is 32.2. The van der Waals surface area contributed by atoms with E-state index in [0.29, 0.717) is 23.4 Å². The van der Waals surface area contributed by atoms with Gasteiger partial charge in [0.1, 0.15) is 5.75 Å². The Morgan fingerprint density at radius 2 is 1.88 bits per heavy atom. The van der Waals surface area contributed by atoms with E-state index in [1.165, 1.54) is 18.2 Å². The first kappa shape index (κ1) is 16.2. The minimum atomic E-state index is -3.83. The van der Waals surface area contributed by atoms with Crippen LogP contribution < -0.4 is 15.2 Å². The van der Waals surface area contributed by atoms with Gasteiger partial charge in [-0.05, 0) is 48.9 Å². The van der Waals surface area contributed by atoms with Crippen LogP contribution in [0.1, 0.15) is 18.1 Å². The second-order valence-electron chi connectivity index (χ2n) is 5.27. The molecule has 0 radical (unpaired) electrons. The molecule has 124 valence electrons. The summed E-state index contributed by atoms with van der Waals surface area (Å²) in [5, 5.41) is 7.87. The number of carbonyl (C=O) groups excluding carboxylic acids is 1. The van der Waals surface area contributed by atoms with Crippen LogP contribution in [0.3, 0.4) is 0 Å². The highest BCUT2D eigenvalue weighted by Crippen LogP contribution is 2.34. The van der Waals surface area contributed by atoms with Gasteiger partial charge in [0.05, 0.1) is 11.5 Å². The van der Waals surface area contributed by atoms with Crippen molar-refractivity contribution in [2.45, 2.75) is 11.8 Å². The molecule has 3 rings (SSSR count). The number of nitrogens with one attached hydrogen (secondary N) is 1. The normalized spacial score (nSPS) is 15.2. The molecule has 1 amide bonds. The van der Waals surface area contributed by atoms with E-state index in [-0.39, 0.29) is 10.8 Å². The molecule has 7 heteroatoms.